The first-order chi connectivity index (χ1) is 13.4. The predicted molar refractivity (Wildman–Crippen MR) is 97.7 cm³/mol. The lowest BCUT2D eigenvalue weighted by Gasteiger charge is -2.33. The van der Waals surface area contributed by atoms with E-state index in [1.165, 1.54) is 13.1 Å². The standard InChI is InChI=1S/C16H23FN3O8P/c1-4-16(17,28-29(25,26)8(3)21)12-10(22)11(23)14(27-12)20-6-9-5-7(2)18-13(9)19-15(20)24/h5-6,8,10-12,14,21-23H,4H2,1-3H3,(H,25,26)(H,18,19,24)/t8?,10-,11+,12-,14+,16?/m0/s1. The van der Waals surface area contributed by atoms with Crippen molar-refractivity contribution in [1.82, 2.24) is 14.5 Å². The van der Waals surface area contributed by atoms with Crippen LogP contribution in [0.3, 0.4) is 0 Å². The van der Waals surface area contributed by atoms with Crippen LogP contribution in [-0.2, 0) is 13.8 Å². The Morgan fingerprint density at radius 2 is 2.14 bits per heavy atom. The lowest BCUT2D eigenvalue weighted by Crippen LogP contribution is -2.47. The Morgan fingerprint density at radius 1 is 1.48 bits per heavy atom. The highest BCUT2D eigenvalue weighted by molar-refractivity contribution is 7.53. The van der Waals surface area contributed by atoms with E-state index < -0.39 is 55.9 Å². The number of nitrogens with one attached hydrogen (secondary N) is 1. The number of hydrogen-bond acceptors (Lipinski definition) is 8. The molecule has 5 N–H and O–H groups in total. The van der Waals surface area contributed by atoms with Crippen molar-refractivity contribution >= 4 is 18.6 Å². The maximum atomic E-state index is 15.4. The normalized spacial score (nSPS) is 30.2. The predicted octanol–water partition coefficient (Wildman–Crippen LogP) is 0.268. The summed E-state index contributed by atoms with van der Waals surface area (Å²) < 4.78 is 38.2. The molecule has 0 amide bonds. The van der Waals surface area contributed by atoms with Crippen LogP contribution >= 0.6 is 7.60 Å². The fourth-order valence-electron chi connectivity index (χ4n) is 3.19. The molecule has 0 bridgehead atoms. The second-order valence-corrected chi connectivity index (χ2v) is 9.10. The molecule has 3 rings (SSSR count). The number of rotatable bonds is 6. The summed E-state index contributed by atoms with van der Waals surface area (Å²) in [5.74, 6) is -4.92. The molecule has 2 aromatic heterocycles. The van der Waals surface area contributed by atoms with Gasteiger partial charge in [-0.25, -0.2) is 9.18 Å². The van der Waals surface area contributed by atoms with Crippen LogP contribution in [0.4, 0.5) is 4.39 Å². The first-order valence-electron chi connectivity index (χ1n) is 8.90. The van der Waals surface area contributed by atoms with Crippen LogP contribution in [0.5, 0.6) is 0 Å². The van der Waals surface area contributed by atoms with Crippen LogP contribution in [-0.4, -0.2) is 64.8 Å². The lowest BCUT2D eigenvalue weighted by atomic mass is 10.0. The molecule has 0 radical (unpaired) electrons. The first-order valence-corrected chi connectivity index (χ1v) is 10.5. The van der Waals surface area contributed by atoms with Gasteiger partial charge in [0, 0.05) is 23.7 Å². The highest BCUT2D eigenvalue weighted by Gasteiger charge is 2.57. The molecule has 0 saturated carbocycles. The second-order valence-electron chi connectivity index (χ2n) is 7.04. The van der Waals surface area contributed by atoms with E-state index >= 15 is 4.39 Å². The summed E-state index contributed by atoms with van der Waals surface area (Å²) in [5, 5.41) is 30.6. The molecule has 29 heavy (non-hydrogen) atoms. The summed E-state index contributed by atoms with van der Waals surface area (Å²) in [6.07, 6.45) is -6.31. The summed E-state index contributed by atoms with van der Waals surface area (Å²) in [7, 11) is -4.81. The highest BCUT2D eigenvalue weighted by atomic mass is 31.2. The highest BCUT2D eigenvalue weighted by Crippen LogP contribution is 2.53. The van der Waals surface area contributed by atoms with E-state index in [1.54, 1.807) is 13.0 Å². The van der Waals surface area contributed by atoms with Gasteiger partial charge in [0.05, 0.1) is 0 Å². The van der Waals surface area contributed by atoms with E-state index in [0.29, 0.717) is 11.0 Å². The number of hydrogen-bond donors (Lipinski definition) is 5. The summed E-state index contributed by atoms with van der Waals surface area (Å²) in [6.45, 7) is 3.96. The number of halogens is 1. The number of nitrogens with zero attached hydrogens (tertiary/aromatic N) is 2. The van der Waals surface area contributed by atoms with Crippen LogP contribution in [0, 0.1) is 6.92 Å². The zero-order valence-electron chi connectivity index (χ0n) is 15.9. The van der Waals surface area contributed by atoms with Crippen molar-refractivity contribution in [2.24, 2.45) is 0 Å². The van der Waals surface area contributed by atoms with Crippen molar-refractivity contribution in [2.45, 2.75) is 63.4 Å². The van der Waals surface area contributed by atoms with Crippen molar-refractivity contribution in [1.29, 1.82) is 0 Å². The van der Waals surface area contributed by atoms with Crippen molar-refractivity contribution in [3.8, 4) is 0 Å². The minimum Gasteiger partial charge on any atom is -0.387 e. The Hall–Kier alpha value is -1.66. The van der Waals surface area contributed by atoms with Crippen LogP contribution in [0.1, 0.15) is 32.2 Å². The molecule has 162 valence electrons. The van der Waals surface area contributed by atoms with E-state index in [2.05, 4.69) is 14.5 Å². The third-order valence-corrected chi connectivity index (χ3v) is 6.35. The molecule has 1 fully saturated rings. The molecule has 0 spiro atoms. The molecule has 3 unspecified atom stereocenters. The van der Waals surface area contributed by atoms with Crippen molar-refractivity contribution in [3.63, 3.8) is 0 Å². The van der Waals surface area contributed by atoms with Gasteiger partial charge in [-0.1, -0.05) is 6.92 Å². The monoisotopic (exact) mass is 435 g/mol. The van der Waals surface area contributed by atoms with Gasteiger partial charge in [0.15, 0.2) is 12.1 Å². The van der Waals surface area contributed by atoms with Gasteiger partial charge in [-0.3, -0.25) is 13.7 Å². The van der Waals surface area contributed by atoms with E-state index in [4.69, 9.17) is 4.74 Å². The van der Waals surface area contributed by atoms with Gasteiger partial charge in [0.1, 0.15) is 24.0 Å². The number of H-pyrrole nitrogens is 1. The minimum atomic E-state index is -4.81. The smallest absolute Gasteiger partial charge is 0.358 e. The minimum absolute atomic E-state index is 0.309. The Labute approximate surface area is 164 Å². The SMILES string of the molecule is CCC(F)(OP(=O)(O)C(C)O)[C@H]1O[C@@H](n2cc3cc(C)[nH]c3nc2=O)[C@H](O)[C@@H]1O. The molecule has 7 atom stereocenters. The molecule has 1 saturated heterocycles. The number of aliphatic hydroxyl groups excluding tert-OH is 3. The average molecular weight is 435 g/mol. The summed E-state index contributed by atoms with van der Waals surface area (Å²) >= 11 is 0. The number of ether oxygens (including phenoxy) is 1. The first kappa shape index (κ1) is 22.0. The van der Waals surface area contributed by atoms with Crippen LogP contribution < -0.4 is 5.69 Å². The Kier molecular flexibility index (Phi) is 5.73. The van der Waals surface area contributed by atoms with Gasteiger partial charge in [-0.15, -0.1) is 0 Å². The number of aryl methyl sites for hydroxylation is 1. The van der Waals surface area contributed by atoms with E-state index in [-0.39, 0.29) is 0 Å². The van der Waals surface area contributed by atoms with E-state index in [0.717, 1.165) is 17.2 Å². The van der Waals surface area contributed by atoms with Gasteiger partial charge >= 0.3 is 13.3 Å². The summed E-state index contributed by atoms with van der Waals surface area (Å²) in [6, 6.07) is 1.69. The van der Waals surface area contributed by atoms with Gasteiger partial charge in [-0.2, -0.15) is 4.98 Å². The number of aromatic amines is 1. The van der Waals surface area contributed by atoms with E-state index in [9.17, 15) is 29.6 Å². The van der Waals surface area contributed by atoms with Crippen LogP contribution in [0.25, 0.3) is 11.0 Å². The molecule has 11 nitrogen and oxygen atoms in total. The number of aromatic nitrogens is 3. The molecule has 1 aliphatic rings. The van der Waals surface area contributed by atoms with Crippen LogP contribution in [0.2, 0.25) is 0 Å². The largest absolute Gasteiger partial charge is 0.387 e. The average Bonchev–Trinajstić information content (AvgIpc) is 3.13. The molecule has 3 heterocycles. The third-order valence-electron chi connectivity index (χ3n) is 4.84. The van der Waals surface area contributed by atoms with Crippen molar-refractivity contribution < 1.29 is 38.4 Å². The van der Waals surface area contributed by atoms with Gasteiger partial charge < -0.3 is 29.9 Å². The zero-order valence-corrected chi connectivity index (χ0v) is 16.8. The maximum absolute atomic E-state index is 15.4. The molecule has 13 heteroatoms. The summed E-state index contributed by atoms with van der Waals surface area (Å²) in [4.78, 5) is 28.7. The van der Waals surface area contributed by atoms with Crippen LogP contribution in [0.15, 0.2) is 17.1 Å². The second kappa shape index (κ2) is 7.55. The molecule has 2 aromatic rings. The molecular weight excluding hydrogens is 412 g/mol. The molecule has 0 aliphatic carbocycles. The fraction of sp³-hybridized carbons (Fsp3) is 0.625. The number of alkyl halides is 1. The Morgan fingerprint density at radius 3 is 2.72 bits per heavy atom. The molecule has 0 aromatic carbocycles. The molecular formula is C16H23FN3O8P. The van der Waals surface area contributed by atoms with Gasteiger partial charge in [-0.05, 0) is 19.9 Å². The number of aliphatic hydroxyl groups is 3. The van der Waals surface area contributed by atoms with Crippen molar-refractivity contribution in [2.75, 3.05) is 0 Å². The fourth-order valence-corrected chi connectivity index (χ4v) is 4.01. The number of fused-ring (bicyclic) bond motifs is 1. The van der Waals surface area contributed by atoms with Crippen molar-refractivity contribution in [3.05, 3.63) is 28.4 Å². The third kappa shape index (κ3) is 3.89. The summed E-state index contributed by atoms with van der Waals surface area (Å²) in [5.41, 5.74) is 0.215. The van der Waals surface area contributed by atoms with E-state index in [1.807, 2.05) is 0 Å². The van der Waals surface area contributed by atoms with Gasteiger partial charge in [0.25, 0.3) is 0 Å². The Bertz CT molecular complexity index is 1010. The lowest BCUT2D eigenvalue weighted by molar-refractivity contribution is -0.198. The quantitative estimate of drug-likeness (QED) is 0.400. The molecule has 1 aliphatic heterocycles. The zero-order chi connectivity index (χ0) is 21.7. The van der Waals surface area contributed by atoms with Gasteiger partial charge in [0.2, 0.25) is 5.85 Å². The maximum Gasteiger partial charge on any atom is 0.358 e. The topological polar surface area (TPSA) is 167 Å². The Balaban J connectivity index is 1.96.